The SMILES string of the molecule is C[C@H](Cc1ccc(OCCOCCc2ccccc2)cc1)N(CC(O)c1cccc(Cl)c1)C[C@H](O)c1cccc(Cl)c1. The molecule has 0 saturated heterocycles. The van der Waals surface area contributed by atoms with E-state index in [0.717, 1.165) is 35.3 Å². The summed E-state index contributed by atoms with van der Waals surface area (Å²) >= 11 is 12.3. The molecule has 0 bridgehead atoms. The second-order valence-electron chi connectivity index (χ2n) is 10.5. The van der Waals surface area contributed by atoms with E-state index in [4.69, 9.17) is 32.7 Å². The second-order valence-corrected chi connectivity index (χ2v) is 11.4. The Bertz CT molecular complexity index is 1300. The molecule has 0 aromatic heterocycles. The van der Waals surface area contributed by atoms with Gasteiger partial charge >= 0.3 is 0 Å². The summed E-state index contributed by atoms with van der Waals surface area (Å²) in [4.78, 5) is 2.11. The third kappa shape index (κ3) is 10.4. The molecular weight excluding hydrogens is 569 g/mol. The van der Waals surface area contributed by atoms with E-state index >= 15 is 0 Å². The van der Waals surface area contributed by atoms with Crippen molar-refractivity contribution in [1.29, 1.82) is 0 Å². The molecule has 0 heterocycles. The number of halogens is 2. The average molecular weight is 609 g/mol. The summed E-state index contributed by atoms with van der Waals surface area (Å²) < 4.78 is 11.6. The van der Waals surface area contributed by atoms with Gasteiger partial charge in [-0.1, -0.05) is 89.9 Å². The molecule has 0 fully saturated rings. The fourth-order valence-electron chi connectivity index (χ4n) is 4.86. The van der Waals surface area contributed by atoms with Gasteiger partial charge in [-0.2, -0.15) is 0 Å². The van der Waals surface area contributed by atoms with Crippen molar-refractivity contribution in [2.24, 2.45) is 0 Å². The first kappa shape index (κ1) is 32.0. The predicted molar refractivity (Wildman–Crippen MR) is 170 cm³/mol. The number of aliphatic hydroxyl groups is 2. The number of ether oxygens (including phenoxy) is 2. The summed E-state index contributed by atoms with van der Waals surface area (Å²) in [5, 5.41) is 23.3. The van der Waals surface area contributed by atoms with Gasteiger partial charge in [-0.05, 0) is 78.4 Å². The first-order valence-electron chi connectivity index (χ1n) is 14.3. The Balaban J connectivity index is 1.31. The van der Waals surface area contributed by atoms with Crippen LogP contribution in [0, 0.1) is 0 Å². The lowest BCUT2D eigenvalue weighted by atomic mass is 10.0. The minimum atomic E-state index is -0.761. The second kappa shape index (κ2) is 16.7. The van der Waals surface area contributed by atoms with Crippen molar-refractivity contribution in [3.8, 4) is 5.75 Å². The lowest BCUT2D eigenvalue weighted by molar-refractivity contribution is 0.0480. The van der Waals surface area contributed by atoms with E-state index in [1.165, 1.54) is 5.56 Å². The molecule has 0 aliphatic rings. The molecule has 0 spiro atoms. The monoisotopic (exact) mass is 607 g/mol. The van der Waals surface area contributed by atoms with E-state index in [1.807, 2.05) is 54.6 Å². The van der Waals surface area contributed by atoms with Gasteiger partial charge in [-0.25, -0.2) is 0 Å². The molecule has 4 rings (SSSR count). The quantitative estimate of drug-likeness (QED) is 0.131. The number of benzene rings is 4. The predicted octanol–water partition coefficient (Wildman–Crippen LogP) is 7.33. The lowest BCUT2D eigenvalue weighted by Crippen LogP contribution is -2.40. The maximum Gasteiger partial charge on any atom is 0.119 e. The molecule has 0 amide bonds. The van der Waals surface area contributed by atoms with E-state index < -0.39 is 12.2 Å². The van der Waals surface area contributed by atoms with E-state index in [2.05, 4.69) is 36.1 Å². The summed E-state index contributed by atoms with van der Waals surface area (Å²) in [6.45, 7) is 4.46. The van der Waals surface area contributed by atoms with Gasteiger partial charge in [-0.15, -0.1) is 0 Å². The molecule has 0 saturated carbocycles. The molecule has 7 heteroatoms. The Hall–Kier alpha value is -2.90. The molecule has 4 aromatic rings. The van der Waals surface area contributed by atoms with Crippen molar-refractivity contribution in [2.75, 3.05) is 32.9 Å². The van der Waals surface area contributed by atoms with Crippen LogP contribution in [0.3, 0.4) is 0 Å². The molecule has 2 N–H and O–H groups in total. The summed E-state index contributed by atoms with van der Waals surface area (Å²) in [7, 11) is 0. The van der Waals surface area contributed by atoms with Crippen molar-refractivity contribution in [1.82, 2.24) is 4.90 Å². The molecular formula is C35H39Cl2NO4. The number of aliphatic hydroxyl groups excluding tert-OH is 2. The normalized spacial score (nSPS) is 13.6. The summed E-state index contributed by atoms with van der Waals surface area (Å²) in [5.41, 5.74) is 3.87. The van der Waals surface area contributed by atoms with E-state index in [9.17, 15) is 10.2 Å². The van der Waals surface area contributed by atoms with Crippen molar-refractivity contribution in [3.63, 3.8) is 0 Å². The van der Waals surface area contributed by atoms with Crippen LogP contribution in [0.1, 0.15) is 41.4 Å². The van der Waals surface area contributed by atoms with Crippen LogP contribution in [0.25, 0.3) is 0 Å². The molecule has 1 unspecified atom stereocenters. The summed E-state index contributed by atoms with van der Waals surface area (Å²) in [6.07, 6.45) is 0.0940. The minimum Gasteiger partial charge on any atom is -0.491 e. The van der Waals surface area contributed by atoms with E-state index in [0.29, 0.717) is 43.0 Å². The van der Waals surface area contributed by atoms with Crippen LogP contribution in [0.5, 0.6) is 5.75 Å². The van der Waals surface area contributed by atoms with Gasteiger partial charge in [0.15, 0.2) is 0 Å². The van der Waals surface area contributed by atoms with E-state index in [1.54, 1.807) is 24.3 Å². The van der Waals surface area contributed by atoms with E-state index in [-0.39, 0.29) is 6.04 Å². The van der Waals surface area contributed by atoms with Crippen LogP contribution in [0.2, 0.25) is 10.0 Å². The fourth-order valence-corrected chi connectivity index (χ4v) is 5.26. The van der Waals surface area contributed by atoms with Gasteiger partial charge in [0.2, 0.25) is 0 Å². The maximum atomic E-state index is 11.1. The van der Waals surface area contributed by atoms with Gasteiger partial charge < -0.3 is 19.7 Å². The molecule has 0 radical (unpaired) electrons. The Labute approximate surface area is 259 Å². The Kier molecular flexibility index (Phi) is 12.7. The van der Waals surface area contributed by atoms with Crippen molar-refractivity contribution >= 4 is 23.2 Å². The zero-order chi connectivity index (χ0) is 29.7. The molecule has 42 heavy (non-hydrogen) atoms. The zero-order valence-electron chi connectivity index (χ0n) is 23.9. The first-order valence-corrected chi connectivity index (χ1v) is 15.1. The lowest BCUT2D eigenvalue weighted by Gasteiger charge is -2.33. The van der Waals surface area contributed by atoms with Crippen LogP contribution >= 0.6 is 23.2 Å². The number of hydrogen-bond acceptors (Lipinski definition) is 5. The fraction of sp³-hybridized carbons (Fsp3) is 0.314. The highest BCUT2D eigenvalue weighted by molar-refractivity contribution is 6.30. The zero-order valence-corrected chi connectivity index (χ0v) is 25.4. The Morgan fingerprint density at radius 2 is 1.26 bits per heavy atom. The molecule has 0 aliphatic heterocycles. The topological polar surface area (TPSA) is 62.2 Å². The van der Waals surface area contributed by atoms with Crippen LogP contribution < -0.4 is 4.74 Å². The van der Waals surface area contributed by atoms with Crippen LogP contribution in [0.15, 0.2) is 103 Å². The maximum absolute atomic E-state index is 11.1. The Morgan fingerprint density at radius 1 is 0.667 bits per heavy atom. The average Bonchev–Trinajstić information content (AvgIpc) is 2.99. The minimum absolute atomic E-state index is 0.0254. The van der Waals surface area contributed by atoms with Crippen LogP contribution in [0.4, 0.5) is 0 Å². The summed E-state index contributed by atoms with van der Waals surface area (Å²) in [5.74, 6) is 0.794. The van der Waals surface area contributed by atoms with Gasteiger partial charge in [0.1, 0.15) is 12.4 Å². The van der Waals surface area contributed by atoms with Crippen LogP contribution in [-0.4, -0.2) is 54.1 Å². The highest BCUT2D eigenvalue weighted by Gasteiger charge is 2.23. The van der Waals surface area contributed by atoms with Crippen molar-refractivity contribution in [2.45, 2.75) is 38.0 Å². The first-order chi connectivity index (χ1) is 20.4. The van der Waals surface area contributed by atoms with Gasteiger partial charge in [0.25, 0.3) is 0 Å². The third-order valence-electron chi connectivity index (χ3n) is 7.23. The highest BCUT2D eigenvalue weighted by Crippen LogP contribution is 2.25. The highest BCUT2D eigenvalue weighted by atomic mass is 35.5. The smallest absolute Gasteiger partial charge is 0.119 e. The molecule has 5 nitrogen and oxygen atoms in total. The molecule has 0 aliphatic carbocycles. The number of nitrogens with zero attached hydrogens (tertiary/aromatic N) is 1. The van der Waals surface area contributed by atoms with Gasteiger partial charge in [-0.3, -0.25) is 4.90 Å². The standard InChI is InChI=1S/C35H39Cl2NO4/c1-26(21-28-13-15-33(16-14-28)42-20-19-41-18-17-27-7-3-2-4-8-27)38(24-34(39)29-9-5-11-31(36)22-29)25-35(40)30-10-6-12-32(37)23-30/h2-16,22-23,26,34-35,39-40H,17-21,24-25H2,1H3/t26-,34+,35?/m1/s1. The number of hydrogen-bond donors (Lipinski definition) is 2. The van der Waals surface area contributed by atoms with Gasteiger partial charge in [0, 0.05) is 29.2 Å². The van der Waals surface area contributed by atoms with Crippen LogP contribution in [-0.2, 0) is 17.6 Å². The number of rotatable bonds is 16. The molecule has 3 atom stereocenters. The van der Waals surface area contributed by atoms with Crippen molar-refractivity contribution < 1.29 is 19.7 Å². The summed E-state index contributed by atoms with van der Waals surface area (Å²) in [6, 6.07) is 32.9. The third-order valence-corrected chi connectivity index (χ3v) is 7.70. The molecule has 4 aromatic carbocycles. The molecule has 222 valence electrons. The largest absolute Gasteiger partial charge is 0.491 e. The van der Waals surface area contributed by atoms with Crippen molar-refractivity contribution in [3.05, 3.63) is 135 Å². The Morgan fingerprint density at radius 3 is 1.83 bits per heavy atom. The van der Waals surface area contributed by atoms with Gasteiger partial charge in [0.05, 0.1) is 25.4 Å².